The summed E-state index contributed by atoms with van der Waals surface area (Å²) in [5, 5.41) is 14.0. The highest BCUT2D eigenvalue weighted by Gasteiger charge is 2.61. The van der Waals surface area contributed by atoms with E-state index in [0.29, 0.717) is 24.2 Å². The van der Waals surface area contributed by atoms with Gasteiger partial charge in [0.1, 0.15) is 22.9 Å². The lowest BCUT2D eigenvalue weighted by Crippen LogP contribution is -2.59. The number of carbonyl (C=O) groups is 2. The number of carboxylic acid groups (broad SMARTS) is 1. The van der Waals surface area contributed by atoms with Crippen molar-refractivity contribution in [3.8, 4) is 0 Å². The topological polar surface area (TPSA) is 136 Å². The number of anilines is 1. The Kier molecular flexibility index (Phi) is 6.15. The van der Waals surface area contributed by atoms with Crippen molar-refractivity contribution in [1.29, 1.82) is 0 Å². The van der Waals surface area contributed by atoms with Crippen LogP contribution in [0.5, 0.6) is 0 Å². The summed E-state index contributed by atoms with van der Waals surface area (Å²) in [4.78, 5) is 33.3. The first kappa shape index (κ1) is 25.1. The van der Waals surface area contributed by atoms with Gasteiger partial charge in [-0.2, -0.15) is 0 Å². The number of halogens is 1. The maximum atomic E-state index is 15.3. The molecule has 11 heteroatoms. The largest absolute Gasteiger partial charge is 0.465 e. The number of carbonyl (C=O) groups excluding carboxylic acids is 1. The predicted molar refractivity (Wildman–Crippen MR) is 135 cm³/mol. The van der Waals surface area contributed by atoms with Gasteiger partial charge in [-0.1, -0.05) is 16.6 Å². The third-order valence-electron chi connectivity index (χ3n) is 6.88. The molecule has 1 aromatic heterocycles. The van der Waals surface area contributed by atoms with Crippen molar-refractivity contribution in [3.63, 3.8) is 0 Å². The van der Waals surface area contributed by atoms with Crippen LogP contribution in [0.25, 0.3) is 0 Å². The van der Waals surface area contributed by atoms with E-state index in [0.717, 1.165) is 5.56 Å². The van der Waals surface area contributed by atoms with Crippen molar-refractivity contribution in [2.24, 2.45) is 4.99 Å². The Hall–Kier alpha value is -3.02. The standard InChI is InChI=1S/C24H30FN5O4S/c1-13-10-14(2)19(26-12-13)20(31)28-15-6-7-17(25)16(11-15)24(5)18-8-9-27-35(18,34)23(3,4)21(30-24)29-22(32)33/h6-7,10-12,18,27,34H,8-9H2,1-5H3,(H,28,31)(H,29,30)(H,32,33)/t18-,24+/m0/s1. The summed E-state index contributed by atoms with van der Waals surface area (Å²) in [5.74, 6) is -0.942. The van der Waals surface area contributed by atoms with E-state index in [9.17, 15) is 19.2 Å². The molecule has 2 aliphatic rings. The molecule has 0 spiro atoms. The number of rotatable bonds is 3. The highest BCUT2D eigenvalue weighted by Crippen LogP contribution is 2.67. The number of pyridine rings is 1. The van der Waals surface area contributed by atoms with Gasteiger partial charge in [-0.15, -0.1) is 0 Å². The summed E-state index contributed by atoms with van der Waals surface area (Å²) in [6, 6.07) is 6.03. The van der Waals surface area contributed by atoms with E-state index in [2.05, 4.69) is 20.3 Å². The van der Waals surface area contributed by atoms with Crippen molar-refractivity contribution in [3.05, 3.63) is 58.7 Å². The Bertz CT molecular complexity index is 1250. The van der Waals surface area contributed by atoms with E-state index in [4.69, 9.17) is 4.99 Å². The summed E-state index contributed by atoms with van der Waals surface area (Å²) in [6.45, 7) is 9.31. The first-order valence-corrected chi connectivity index (χ1v) is 12.9. The molecule has 1 aromatic carbocycles. The van der Waals surface area contributed by atoms with Crippen LogP contribution >= 0.6 is 10.5 Å². The summed E-state index contributed by atoms with van der Waals surface area (Å²) < 4.78 is 29.3. The van der Waals surface area contributed by atoms with E-state index in [1.54, 1.807) is 33.9 Å². The molecule has 0 saturated carbocycles. The van der Waals surface area contributed by atoms with Crippen LogP contribution in [-0.4, -0.2) is 49.0 Å². The van der Waals surface area contributed by atoms with Gasteiger partial charge >= 0.3 is 6.09 Å². The number of nitrogens with zero attached hydrogens (tertiary/aromatic N) is 2. The van der Waals surface area contributed by atoms with Crippen molar-refractivity contribution in [1.82, 2.24) is 15.0 Å². The van der Waals surface area contributed by atoms with Crippen LogP contribution in [0.1, 0.15) is 54.4 Å². The number of aryl methyl sites for hydroxylation is 2. The van der Waals surface area contributed by atoms with Crippen LogP contribution in [0, 0.1) is 19.7 Å². The molecule has 1 unspecified atom stereocenters. The van der Waals surface area contributed by atoms with Crippen LogP contribution < -0.4 is 15.4 Å². The summed E-state index contributed by atoms with van der Waals surface area (Å²) in [6.07, 6.45) is 0.810. The minimum Gasteiger partial charge on any atom is -0.465 e. The van der Waals surface area contributed by atoms with Gasteiger partial charge in [0.25, 0.3) is 5.91 Å². The number of aliphatic imine (C=N–C) groups is 1. The van der Waals surface area contributed by atoms with E-state index >= 15 is 4.39 Å². The molecule has 0 bridgehead atoms. The second kappa shape index (κ2) is 8.58. The van der Waals surface area contributed by atoms with Gasteiger partial charge in [0.15, 0.2) is 0 Å². The Balaban J connectivity index is 1.79. The predicted octanol–water partition coefficient (Wildman–Crippen LogP) is 4.32. The average Bonchev–Trinajstić information content (AvgIpc) is 3.18. The third-order valence-corrected chi connectivity index (χ3v) is 10.8. The molecule has 3 atom stereocenters. The third kappa shape index (κ3) is 4.07. The lowest BCUT2D eigenvalue weighted by atomic mass is 9.85. The molecule has 35 heavy (non-hydrogen) atoms. The second-order valence-corrected chi connectivity index (χ2v) is 12.8. The fourth-order valence-electron chi connectivity index (χ4n) is 5.00. The molecule has 2 amide bonds. The summed E-state index contributed by atoms with van der Waals surface area (Å²) in [7, 11) is -2.65. The molecular weight excluding hydrogens is 473 g/mol. The zero-order valence-electron chi connectivity index (χ0n) is 20.3. The van der Waals surface area contributed by atoms with Gasteiger partial charge in [-0.05, 0) is 70.4 Å². The fraction of sp³-hybridized carbons (Fsp3) is 0.417. The Morgan fingerprint density at radius 3 is 2.57 bits per heavy atom. The highest BCUT2D eigenvalue weighted by molar-refractivity contribution is 8.29. The van der Waals surface area contributed by atoms with Crippen LogP contribution in [0.15, 0.2) is 35.5 Å². The lowest BCUT2D eigenvalue weighted by molar-refractivity contribution is 0.102. The number of amidine groups is 1. The average molecular weight is 504 g/mol. The molecule has 2 aromatic rings. The molecule has 3 heterocycles. The normalized spacial score (nSPS) is 28.9. The molecule has 1 fully saturated rings. The van der Waals surface area contributed by atoms with Gasteiger partial charge in [0.05, 0.1) is 10.00 Å². The van der Waals surface area contributed by atoms with Crippen molar-refractivity contribution < 1.29 is 23.6 Å². The molecule has 4 rings (SSSR count). The second-order valence-electron chi connectivity index (χ2n) is 9.67. The number of fused-ring (bicyclic) bond motifs is 1. The highest BCUT2D eigenvalue weighted by atomic mass is 32.3. The molecule has 5 N–H and O–H groups in total. The molecule has 0 radical (unpaired) electrons. The van der Waals surface area contributed by atoms with Gasteiger partial charge in [-0.25, -0.2) is 9.18 Å². The van der Waals surface area contributed by atoms with E-state index < -0.39 is 43.8 Å². The molecule has 9 nitrogen and oxygen atoms in total. The van der Waals surface area contributed by atoms with Crippen molar-refractivity contribution in [2.75, 3.05) is 11.9 Å². The summed E-state index contributed by atoms with van der Waals surface area (Å²) in [5.41, 5.74) is 1.11. The number of nitrogens with one attached hydrogen (secondary N) is 3. The molecular formula is C24H30FN5O4S. The first-order chi connectivity index (χ1) is 16.3. The van der Waals surface area contributed by atoms with Crippen LogP contribution in [0.3, 0.4) is 0 Å². The van der Waals surface area contributed by atoms with E-state index in [1.807, 2.05) is 13.0 Å². The van der Waals surface area contributed by atoms with Gasteiger partial charge in [-0.3, -0.25) is 24.8 Å². The number of hydrogen-bond acceptors (Lipinski definition) is 6. The number of hydrogen-bond donors (Lipinski definition) is 5. The molecule has 2 aliphatic heterocycles. The number of amides is 2. The molecule has 1 saturated heterocycles. The van der Waals surface area contributed by atoms with Gasteiger partial charge < -0.3 is 15.0 Å². The SMILES string of the molecule is Cc1cnc(C(=O)Nc2ccc(F)c([C@@]3(C)N=C(NC(=O)O)C(C)(C)S4(O)NCC[C@@H]34)c2)c(C)c1. The fourth-order valence-corrected chi connectivity index (χ4v) is 8.40. The Morgan fingerprint density at radius 2 is 1.91 bits per heavy atom. The summed E-state index contributed by atoms with van der Waals surface area (Å²) >= 11 is 0. The van der Waals surface area contributed by atoms with Crippen molar-refractivity contribution >= 4 is 34.0 Å². The quantitative estimate of drug-likeness (QED) is 0.423. The number of benzene rings is 1. The lowest BCUT2D eigenvalue weighted by Gasteiger charge is -2.56. The van der Waals surface area contributed by atoms with Gasteiger partial charge in [0.2, 0.25) is 0 Å². The monoisotopic (exact) mass is 503 g/mol. The van der Waals surface area contributed by atoms with Crippen LogP contribution in [0.2, 0.25) is 0 Å². The zero-order chi connectivity index (χ0) is 25.8. The number of aromatic nitrogens is 1. The maximum absolute atomic E-state index is 15.3. The van der Waals surface area contributed by atoms with Gasteiger partial charge in [0, 0.05) is 24.0 Å². The van der Waals surface area contributed by atoms with Crippen molar-refractivity contribution in [2.45, 2.75) is 56.6 Å². The molecule has 0 aliphatic carbocycles. The Labute approximate surface area is 204 Å². The first-order valence-electron chi connectivity index (χ1n) is 11.2. The zero-order valence-corrected chi connectivity index (χ0v) is 21.1. The van der Waals surface area contributed by atoms with E-state index in [-0.39, 0.29) is 17.1 Å². The Morgan fingerprint density at radius 1 is 1.20 bits per heavy atom. The van der Waals surface area contributed by atoms with E-state index in [1.165, 1.54) is 18.2 Å². The minimum atomic E-state index is -2.65. The minimum absolute atomic E-state index is 0.0592. The molecule has 188 valence electrons. The smallest absolute Gasteiger partial charge is 0.410 e. The van der Waals surface area contributed by atoms with Crippen LogP contribution in [-0.2, 0) is 5.54 Å². The maximum Gasteiger partial charge on any atom is 0.410 e. The van der Waals surface area contributed by atoms with Crippen LogP contribution in [0.4, 0.5) is 14.9 Å².